The van der Waals surface area contributed by atoms with Gasteiger partial charge in [-0.1, -0.05) is 30.3 Å². The van der Waals surface area contributed by atoms with E-state index in [1.165, 1.54) is 4.68 Å². The molecule has 1 amide bonds. The number of amides is 1. The summed E-state index contributed by atoms with van der Waals surface area (Å²) < 4.78 is 37.4. The van der Waals surface area contributed by atoms with Gasteiger partial charge in [0.25, 0.3) is 5.91 Å². The molecule has 0 bridgehead atoms. The standard InChI is InChI=1S/C28H29F2N3O4/c29-15-25(16-30)37-24-11-6-20(7-12-24)27(34)33(22-8-9-22)23-10-13-26-21(14-23)17-32(31-26)28(35)36-18-19-4-2-1-3-5-19/h1-7,11-12,17,22-23,25H,8-10,13-16,18H2. The second kappa shape index (κ2) is 11.1. The second-order valence-corrected chi connectivity index (χ2v) is 9.50. The number of aryl methyl sites for hydroxylation is 1. The molecule has 37 heavy (non-hydrogen) atoms. The van der Waals surface area contributed by atoms with Gasteiger partial charge in [-0.15, -0.1) is 0 Å². The molecule has 1 heterocycles. The maximum atomic E-state index is 13.5. The van der Waals surface area contributed by atoms with Crippen LogP contribution in [0.4, 0.5) is 13.6 Å². The van der Waals surface area contributed by atoms with Crippen molar-refractivity contribution in [3.63, 3.8) is 0 Å². The number of aromatic nitrogens is 2. The number of ether oxygens (including phenoxy) is 2. The highest BCUT2D eigenvalue weighted by Crippen LogP contribution is 2.35. The lowest BCUT2D eigenvalue weighted by atomic mass is 9.91. The number of alkyl halides is 2. The Labute approximate surface area is 214 Å². The van der Waals surface area contributed by atoms with Crippen LogP contribution in [-0.4, -0.2) is 58.2 Å². The van der Waals surface area contributed by atoms with Crippen molar-refractivity contribution >= 4 is 12.0 Å². The zero-order valence-electron chi connectivity index (χ0n) is 20.4. The Bertz CT molecular complexity index is 1220. The van der Waals surface area contributed by atoms with E-state index in [0.717, 1.165) is 36.1 Å². The number of rotatable bonds is 9. The van der Waals surface area contributed by atoms with Gasteiger partial charge in [0, 0.05) is 23.8 Å². The lowest BCUT2D eigenvalue weighted by Gasteiger charge is -2.34. The fourth-order valence-corrected chi connectivity index (χ4v) is 4.71. The minimum Gasteiger partial charge on any atom is -0.485 e. The third kappa shape index (κ3) is 5.81. The van der Waals surface area contributed by atoms with E-state index in [4.69, 9.17) is 9.47 Å². The molecule has 0 aliphatic heterocycles. The molecule has 194 valence electrons. The molecule has 3 aromatic rings. The molecule has 2 aromatic carbocycles. The maximum Gasteiger partial charge on any atom is 0.435 e. The zero-order chi connectivity index (χ0) is 25.8. The molecule has 1 saturated carbocycles. The number of carbonyl (C=O) groups excluding carboxylic acids is 2. The first-order valence-corrected chi connectivity index (χ1v) is 12.6. The first-order valence-electron chi connectivity index (χ1n) is 12.6. The third-order valence-electron chi connectivity index (χ3n) is 6.76. The summed E-state index contributed by atoms with van der Waals surface area (Å²) in [5.74, 6) is 0.244. The number of hydrogen-bond acceptors (Lipinski definition) is 5. The van der Waals surface area contributed by atoms with Gasteiger partial charge in [0.1, 0.15) is 25.7 Å². The summed E-state index contributed by atoms with van der Waals surface area (Å²) in [6, 6.07) is 16.0. The van der Waals surface area contributed by atoms with Gasteiger partial charge in [-0.25, -0.2) is 13.6 Å². The first kappa shape index (κ1) is 24.9. The molecule has 0 saturated heterocycles. The van der Waals surface area contributed by atoms with Crippen LogP contribution in [0.1, 0.15) is 46.4 Å². The minimum atomic E-state index is -1.14. The van der Waals surface area contributed by atoms with E-state index >= 15 is 0 Å². The van der Waals surface area contributed by atoms with Crippen molar-refractivity contribution < 1.29 is 27.8 Å². The Morgan fingerprint density at radius 3 is 2.41 bits per heavy atom. The first-order chi connectivity index (χ1) is 18.1. The summed E-state index contributed by atoms with van der Waals surface area (Å²) in [5.41, 5.74) is 3.20. The quantitative estimate of drug-likeness (QED) is 0.410. The molecule has 1 fully saturated rings. The highest BCUT2D eigenvalue weighted by atomic mass is 19.1. The number of fused-ring (bicyclic) bond motifs is 1. The second-order valence-electron chi connectivity index (χ2n) is 9.50. The summed E-state index contributed by atoms with van der Waals surface area (Å²) in [4.78, 5) is 28.0. The van der Waals surface area contributed by atoms with Crippen LogP contribution in [0.5, 0.6) is 5.75 Å². The van der Waals surface area contributed by atoms with Crippen LogP contribution in [0.15, 0.2) is 60.8 Å². The number of benzene rings is 2. The van der Waals surface area contributed by atoms with Crippen molar-refractivity contribution in [2.45, 2.75) is 56.9 Å². The molecule has 5 rings (SSSR count). The molecule has 2 aliphatic carbocycles. The SMILES string of the molecule is O=C(c1ccc(OC(CF)CF)cc1)N(C1CC1)C1CCc2nn(C(=O)OCc3ccccc3)cc2C1. The molecule has 0 N–H and O–H groups in total. The van der Waals surface area contributed by atoms with E-state index in [9.17, 15) is 18.4 Å². The van der Waals surface area contributed by atoms with Gasteiger partial charge in [0.05, 0.1) is 5.69 Å². The van der Waals surface area contributed by atoms with Crippen molar-refractivity contribution in [2.75, 3.05) is 13.3 Å². The van der Waals surface area contributed by atoms with Crippen LogP contribution in [0.3, 0.4) is 0 Å². The predicted octanol–water partition coefficient (Wildman–Crippen LogP) is 4.92. The van der Waals surface area contributed by atoms with Gasteiger partial charge in [-0.2, -0.15) is 9.78 Å². The Balaban J connectivity index is 1.24. The molecule has 0 radical (unpaired) electrons. The number of halogens is 2. The predicted molar refractivity (Wildman–Crippen MR) is 132 cm³/mol. The van der Waals surface area contributed by atoms with Crippen LogP contribution >= 0.6 is 0 Å². The van der Waals surface area contributed by atoms with E-state index in [-0.39, 0.29) is 24.6 Å². The molecule has 1 aromatic heterocycles. The Morgan fingerprint density at radius 1 is 1.00 bits per heavy atom. The highest BCUT2D eigenvalue weighted by Gasteiger charge is 2.39. The molecule has 7 nitrogen and oxygen atoms in total. The van der Waals surface area contributed by atoms with E-state index in [2.05, 4.69) is 5.10 Å². The summed E-state index contributed by atoms with van der Waals surface area (Å²) in [7, 11) is 0. The van der Waals surface area contributed by atoms with Crippen LogP contribution in [0.25, 0.3) is 0 Å². The molecule has 1 atom stereocenters. The number of nitrogens with zero attached hydrogens (tertiary/aromatic N) is 3. The van der Waals surface area contributed by atoms with Gasteiger partial charge < -0.3 is 14.4 Å². The smallest absolute Gasteiger partial charge is 0.435 e. The molecule has 9 heteroatoms. The van der Waals surface area contributed by atoms with Gasteiger partial charge in [0.15, 0.2) is 6.10 Å². The highest BCUT2D eigenvalue weighted by molar-refractivity contribution is 5.95. The Morgan fingerprint density at radius 2 is 1.73 bits per heavy atom. The van der Waals surface area contributed by atoms with Crippen LogP contribution in [0.2, 0.25) is 0 Å². The summed E-state index contributed by atoms with van der Waals surface area (Å²) in [6.07, 6.45) is 3.97. The normalized spacial score (nSPS) is 16.8. The molecule has 2 aliphatic rings. The largest absolute Gasteiger partial charge is 0.485 e. The van der Waals surface area contributed by atoms with Gasteiger partial charge in [-0.3, -0.25) is 4.79 Å². The van der Waals surface area contributed by atoms with Crippen molar-refractivity contribution in [1.29, 1.82) is 0 Å². The van der Waals surface area contributed by atoms with Crippen molar-refractivity contribution in [3.8, 4) is 5.75 Å². The monoisotopic (exact) mass is 509 g/mol. The Hall–Kier alpha value is -3.75. The topological polar surface area (TPSA) is 73.7 Å². The third-order valence-corrected chi connectivity index (χ3v) is 6.76. The van der Waals surface area contributed by atoms with Crippen LogP contribution < -0.4 is 4.74 Å². The lowest BCUT2D eigenvalue weighted by Crippen LogP contribution is -2.44. The zero-order valence-corrected chi connectivity index (χ0v) is 20.4. The average Bonchev–Trinajstić information content (AvgIpc) is 3.68. The lowest BCUT2D eigenvalue weighted by molar-refractivity contribution is 0.0642. The van der Waals surface area contributed by atoms with Crippen molar-refractivity contribution in [2.24, 2.45) is 0 Å². The average molecular weight is 510 g/mol. The Kier molecular flexibility index (Phi) is 7.48. The van der Waals surface area contributed by atoms with E-state index < -0.39 is 25.5 Å². The van der Waals surface area contributed by atoms with E-state index in [1.54, 1.807) is 30.5 Å². The fourth-order valence-electron chi connectivity index (χ4n) is 4.71. The van der Waals surface area contributed by atoms with E-state index in [1.807, 2.05) is 35.2 Å². The molecular weight excluding hydrogens is 480 g/mol. The van der Waals surface area contributed by atoms with Crippen molar-refractivity contribution in [1.82, 2.24) is 14.7 Å². The summed E-state index contributed by atoms with van der Waals surface area (Å²) >= 11 is 0. The van der Waals surface area contributed by atoms with Crippen LogP contribution in [-0.2, 0) is 24.2 Å². The van der Waals surface area contributed by atoms with E-state index in [0.29, 0.717) is 24.2 Å². The summed E-state index contributed by atoms with van der Waals surface area (Å²) in [6.45, 7) is -1.67. The van der Waals surface area contributed by atoms with Gasteiger partial charge in [0.2, 0.25) is 0 Å². The number of carbonyl (C=O) groups is 2. The fraction of sp³-hybridized carbons (Fsp3) is 0.393. The van der Waals surface area contributed by atoms with Gasteiger partial charge in [-0.05, 0) is 67.5 Å². The maximum absolute atomic E-state index is 13.5. The molecular formula is C28H29F2N3O4. The summed E-state index contributed by atoms with van der Waals surface area (Å²) in [5, 5.41) is 4.44. The van der Waals surface area contributed by atoms with Crippen molar-refractivity contribution in [3.05, 3.63) is 83.2 Å². The van der Waals surface area contributed by atoms with Gasteiger partial charge >= 0.3 is 6.09 Å². The van der Waals surface area contributed by atoms with Crippen LogP contribution in [0, 0.1) is 0 Å². The molecule has 1 unspecified atom stereocenters. The molecule has 0 spiro atoms. The minimum absolute atomic E-state index is 0.0103. The number of hydrogen-bond donors (Lipinski definition) is 0.